The van der Waals surface area contributed by atoms with Crippen LogP contribution in [0.3, 0.4) is 0 Å². The van der Waals surface area contributed by atoms with Crippen LogP contribution in [0.5, 0.6) is 0 Å². The summed E-state index contributed by atoms with van der Waals surface area (Å²) in [4.78, 5) is 16.4. The third-order valence-electron chi connectivity index (χ3n) is 5.81. The number of benzene rings is 1. The monoisotopic (exact) mass is 341 g/mol. The lowest BCUT2D eigenvalue weighted by atomic mass is 9.77. The first-order chi connectivity index (χ1) is 11.3. The number of aromatic nitrogens is 1. The minimum atomic E-state index is 0.105. The Bertz CT molecular complexity index is 806. The number of aromatic amines is 1. The van der Waals surface area contributed by atoms with Gasteiger partial charge in [0.1, 0.15) is 0 Å². The Labute approximate surface area is 144 Å². The summed E-state index contributed by atoms with van der Waals surface area (Å²) in [6.07, 6.45) is 8.79. The van der Waals surface area contributed by atoms with E-state index in [-0.39, 0.29) is 4.87 Å². The molecule has 2 aromatic rings. The SMILES string of the molecule is O=c1[nH]c2c(s1)[C@H](/C=C/c1ccccc1)[C@H]1[C@H]3CC[C@@H](C3)[C@H]1S2. The van der Waals surface area contributed by atoms with Gasteiger partial charge in [-0.3, -0.25) is 4.79 Å². The van der Waals surface area contributed by atoms with E-state index in [0.29, 0.717) is 11.2 Å². The molecule has 118 valence electrons. The van der Waals surface area contributed by atoms with Gasteiger partial charge in [-0.2, -0.15) is 0 Å². The lowest BCUT2D eigenvalue weighted by Crippen LogP contribution is -2.32. The van der Waals surface area contributed by atoms with Gasteiger partial charge in [0.05, 0.1) is 5.03 Å². The summed E-state index contributed by atoms with van der Waals surface area (Å²) in [6, 6.07) is 10.5. The van der Waals surface area contributed by atoms with Crippen LogP contribution in [0, 0.1) is 17.8 Å². The molecule has 3 aliphatic rings. The predicted octanol–water partition coefficient (Wildman–Crippen LogP) is 4.75. The van der Waals surface area contributed by atoms with Crippen molar-refractivity contribution in [3.05, 3.63) is 56.5 Å². The molecule has 0 spiro atoms. The maximum absolute atomic E-state index is 11.9. The van der Waals surface area contributed by atoms with Crippen LogP contribution in [0.15, 0.2) is 46.2 Å². The summed E-state index contributed by atoms with van der Waals surface area (Å²) in [5.41, 5.74) is 1.25. The molecule has 1 N–H and O–H groups in total. The van der Waals surface area contributed by atoms with Crippen LogP contribution in [0.25, 0.3) is 6.08 Å². The van der Waals surface area contributed by atoms with Crippen molar-refractivity contribution in [1.29, 1.82) is 0 Å². The van der Waals surface area contributed by atoms with Gasteiger partial charge in [-0.25, -0.2) is 0 Å². The van der Waals surface area contributed by atoms with Gasteiger partial charge in [0.15, 0.2) is 0 Å². The minimum Gasteiger partial charge on any atom is -0.307 e. The first-order valence-corrected chi connectivity index (χ1v) is 10.1. The van der Waals surface area contributed by atoms with Gasteiger partial charge >= 0.3 is 4.87 Å². The van der Waals surface area contributed by atoms with Gasteiger partial charge < -0.3 is 4.98 Å². The van der Waals surface area contributed by atoms with Gasteiger partial charge in [0.2, 0.25) is 0 Å². The Kier molecular flexibility index (Phi) is 3.30. The fourth-order valence-corrected chi connectivity index (χ4v) is 7.76. The highest BCUT2D eigenvalue weighted by atomic mass is 32.2. The van der Waals surface area contributed by atoms with E-state index >= 15 is 0 Å². The van der Waals surface area contributed by atoms with Crippen LogP contribution in [-0.2, 0) is 0 Å². The zero-order valence-corrected chi connectivity index (χ0v) is 14.4. The number of hydrogen-bond donors (Lipinski definition) is 1. The van der Waals surface area contributed by atoms with Gasteiger partial charge in [-0.05, 0) is 42.6 Å². The summed E-state index contributed by atoms with van der Waals surface area (Å²) in [5.74, 6) is 2.85. The minimum absolute atomic E-state index is 0.105. The summed E-state index contributed by atoms with van der Waals surface area (Å²) < 4.78 is 0. The average molecular weight is 342 g/mol. The second kappa shape index (κ2) is 5.38. The number of thioether (sulfide) groups is 1. The molecule has 5 atom stereocenters. The van der Waals surface area contributed by atoms with E-state index in [4.69, 9.17) is 0 Å². The molecular weight excluding hydrogens is 322 g/mol. The molecular formula is C19H19NOS2. The van der Waals surface area contributed by atoms with Gasteiger partial charge in [0, 0.05) is 16.0 Å². The van der Waals surface area contributed by atoms with Gasteiger partial charge in [-0.15, -0.1) is 11.8 Å². The van der Waals surface area contributed by atoms with Crippen LogP contribution in [0.2, 0.25) is 0 Å². The highest BCUT2D eigenvalue weighted by Gasteiger charge is 2.53. The molecule has 0 saturated heterocycles. The second-order valence-corrected chi connectivity index (χ2v) is 9.20. The smallest absolute Gasteiger partial charge is 0.305 e. The Balaban J connectivity index is 1.56. The van der Waals surface area contributed by atoms with Crippen molar-refractivity contribution in [3.8, 4) is 0 Å². The number of thiazole rings is 1. The molecule has 2 bridgehead atoms. The Hall–Kier alpha value is -1.26. The van der Waals surface area contributed by atoms with Gasteiger partial charge in [0.25, 0.3) is 0 Å². The maximum Gasteiger partial charge on any atom is 0.305 e. The quantitative estimate of drug-likeness (QED) is 0.855. The average Bonchev–Trinajstić information content (AvgIpc) is 3.26. The summed E-state index contributed by atoms with van der Waals surface area (Å²) >= 11 is 3.38. The molecule has 0 radical (unpaired) electrons. The molecule has 5 rings (SSSR count). The molecule has 2 nitrogen and oxygen atoms in total. The van der Waals surface area contributed by atoms with E-state index in [0.717, 1.165) is 22.8 Å². The second-order valence-electron chi connectivity index (χ2n) is 7.00. The third-order valence-corrected chi connectivity index (χ3v) is 8.45. The van der Waals surface area contributed by atoms with E-state index in [9.17, 15) is 4.79 Å². The van der Waals surface area contributed by atoms with Crippen LogP contribution >= 0.6 is 23.1 Å². The molecule has 0 unspecified atom stereocenters. The van der Waals surface area contributed by atoms with Crippen LogP contribution < -0.4 is 4.87 Å². The van der Waals surface area contributed by atoms with Crippen LogP contribution in [0.4, 0.5) is 0 Å². The fraction of sp³-hybridized carbons (Fsp3) is 0.421. The third kappa shape index (κ3) is 2.26. The summed E-state index contributed by atoms with van der Waals surface area (Å²) in [5, 5.41) is 1.86. The van der Waals surface area contributed by atoms with E-state index in [1.54, 1.807) is 0 Å². The Morgan fingerprint density at radius 2 is 1.96 bits per heavy atom. The number of nitrogens with one attached hydrogen (secondary N) is 1. The Morgan fingerprint density at radius 3 is 2.83 bits per heavy atom. The fourth-order valence-electron chi connectivity index (χ4n) is 4.89. The van der Waals surface area contributed by atoms with E-state index in [1.807, 2.05) is 11.8 Å². The van der Waals surface area contributed by atoms with E-state index < -0.39 is 0 Å². The van der Waals surface area contributed by atoms with E-state index in [2.05, 4.69) is 47.5 Å². The molecule has 2 aliphatic carbocycles. The zero-order chi connectivity index (χ0) is 15.4. The first-order valence-electron chi connectivity index (χ1n) is 8.42. The molecule has 2 saturated carbocycles. The molecule has 2 heterocycles. The van der Waals surface area contributed by atoms with E-state index in [1.165, 1.54) is 41.0 Å². The molecule has 0 amide bonds. The molecule has 2 fully saturated rings. The largest absolute Gasteiger partial charge is 0.307 e. The summed E-state index contributed by atoms with van der Waals surface area (Å²) in [7, 11) is 0. The number of hydrogen-bond acceptors (Lipinski definition) is 3. The summed E-state index contributed by atoms with van der Waals surface area (Å²) in [6.45, 7) is 0. The van der Waals surface area contributed by atoms with Gasteiger partial charge in [-0.1, -0.05) is 53.8 Å². The molecule has 23 heavy (non-hydrogen) atoms. The highest BCUT2D eigenvalue weighted by Crippen LogP contribution is 2.62. The van der Waals surface area contributed by atoms with Crippen molar-refractivity contribution >= 4 is 29.2 Å². The van der Waals surface area contributed by atoms with Crippen molar-refractivity contribution in [2.45, 2.75) is 35.5 Å². The predicted molar refractivity (Wildman–Crippen MR) is 97.1 cm³/mol. The standard InChI is InChI=1S/C19H19NOS2/c21-19-20-18-17(23-19)14(9-6-11-4-2-1-3-5-11)15-12-7-8-13(10-12)16(15)22-18/h1-6,9,12-16H,7-8,10H2,(H,20,21)/b9-6+/t12-,13-,14+,15+,16+/m0/s1. The number of allylic oxidation sites excluding steroid dienone is 1. The first kappa shape index (κ1) is 14.1. The number of fused-ring (bicyclic) bond motifs is 6. The topological polar surface area (TPSA) is 32.9 Å². The van der Waals surface area contributed by atoms with Crippen LogP contribution in [-0.4, -0.2) is 10.2 Å². The Morgan fingerprint density at radius 1 is 1.13 bits per heavy atom. The van der Waals surface area contributed by atoms with Crippen molar-refractivity contribution < 1.29 is 0 Å². The van der Waals surface area contributed by atoms with Crippen molar-refractivity contribution in [2.75, 3.05) is 0 Å². The van der Waals surface area contributed by atoms with Crippen molar-refractivity contribution in [2.24, 2.45) is 17.8 Å². The van der Waals surface area contributed by atoms with Crippen LogP contribution in [0.1, 0.15) is 35.6 Å². The van der Waals surface area contributed by atoms with Crippen molar-refractivity contribution in [1.82, 2.24) is 4.98 Å². The molecule has 4 heteroatoms. The highest BCUT2D eigenvalue weighted by molar-refractivity contribution is 8.00. The number of rotatable bonds is 2. The molecule has 1 aromatic heterocycles. The normalized spacial score (nSPS) is 34.7. The lowest BCUT2D eigenvalue weighted by molar-refractivity contribution is 0.312. The zero-order valence-electron chi connectivity index (χ0n) is 12.8. The molecule has 1 aromatic carbocycles. The lowest BCUT2D eigenvalue weighted by Gasteiger charge is -2.38. The van der Waals surface area contributed by atoms with Crippen molar-refractivity contribution in [3.63, 3.8) is 0 Å². The number of H-pyrrole nitrogens is 1. The maximum atomic E-state index is 11.9. The molecule has 1 aliphatic heterocycles.